The van der Waals surface area contributed by atoms with Crippen LogP contribution >= 0.6 is 0 Å². The molecule has 0 unspecified atom stereocenters. The number of hydrogen-bond acceptors (Lipinski definition) is 6. The van der Waals surface area contributed by atoms with Crippen LogP contribution in [0.25, 0.3) is 0 Å². The van der Waals surface area contributed by atoms with Crippen LogP contribution in [0.2, 0.25) is 0 Å². The maximum Gasteiger partial charge on any atom is 0.291 e. The molecule has 148 valence electrons. The predicted octanol–water partition coefficient (Wildman–Crippen LogP) is 3.31. The van der Waals surface area contributed by atoms with Crippen LogP contribution < -0.4 is 20.2 Å². The summed E-state index contributed by atoms with van der Waals surface area (Å²) in [7, 11) is 3.09. The molecule has 0 saturated heterocycles. The molecule has 1 heterocycles. The van der Waals surface area contributed by atoms with Gasteiger partial charge in [0.2, 0.25) is 0 Å². The highest BCUT2D eigenvalue weighted by Gasteiger charge is 2.15. The number of nitrogens with zero attached hydrogens (tertiary/aromatic N) is 1. The molecule has 0 atom stereocenters. The molecule has 2 N–H and O–H groups in total. The lowest BCUT2D eigenvalue weighted by Crippen LogP contribution is -2.21. The third-order valence-corrected chi connectivity index (χ3v) is 3.97. The molecule has 0 aliphatic rings. The minimum absolute atomic E-state index is 0.142. The summed E-state index contributed by atoms with van der Waals surface area (Å²) in [5.41, 5.74) is 3.66. The average Bonchev–Trinajstić information content (AvgIpc) is 3.29. The number of carbonyl (C=O) groups excluding carboxylic acids is 2. The van der Waals surface area contributed by atoms with Crippen LogP contribution in [0.1, 0.15) is 26.5 Å². The summed E-state index contributed by atoms with van der Waals surface area (Å²) < 4.78 is 15.5. The molecule has 0 spiro atoms. The Labute approximate surface area is 167 Å². The predicted molar refractivity (Wildman–Crippen MR) is 108 cm³/mol. The van der Waals surface area contributed by atoms with Gasteiger partial charge in [-0.05, 0) is 42.5 Å². The van der Waals surface area contributed by atoms with Gasteiger partial charge in [-0.3, -0.25) is 9.59 Å². The lowest BCUT2D eigenvalue weighted by Gasteiger charge is -2.09. The number of ether oxygens (including phenoxy) is 2. The number of carbonyl (C=O) groups is 2. The van der Waals surface area contributed by atoms with Crippen LogP contribution in [0.15, 0.2) is 70.4 Å². The van der Waals surface area contributed by atoms with E-state index in [4.69, 9.17) is 13.9 Å². The molecular formula is C21H19N3O5. The van der Waals surface area contributed by atoms with E-state index < -0.39 is 11.8 Å². The van der Waals surface area contributed by atoms with E-state index in [2.05, 4.69) is 15.8 Å². The van der Waals surface area contributed by atoms with Crippen molar-refractivity contribution in [3.8, 4) is 11.5 Å². The molecular weight excluding hydrogens is 374 g/mol. The van der Waals surface area contributed by atoms with Crippen molar-refractivity contribution in [3.63, 3.8) is 0 Å². The molecule has 29 heavy (non-hydrogen) atoms. The summed E-state index contributed by atoms with van der Waals surface area (Å²) in [4.78, 5) is 24.7. The largest absolute Gasteiger partial charge is 0.497 e. The molecule has 0 radical (unpaired) electrons. The highest BCUT2D eigenvalue weighted by molar-refractivity contribution is 6.08. The second-order valence-corrected chi connectivity index (χ2v) is 5.78. The topological polar surface area (TPSA) is 102 Å². The number of furan rings is 1. The van der Waals surface area contributed by atoms with Crippen molar-refractivity contribution >= 4 is 23.7 Å². The van der Waals surface area contributed by atoms with Gasteiger partial charge in [-0.25, -0.2) is 5.43 Å². The Balaban J connectivity index is 1.73. The summed E-state index contributed by atoms with van der Waals surface area (Å²) in [5.74, 6) is 0.404. The Morgan fingerprint density at radius 1 is 1.00 bits per heavy atom. The van der Waals surface area contributed by atoms with Crippen LogP contribution in [0.3, 0.4) is 0 Å². The zero-order chi connectivity index (χ0) is 20.6. The normalized spacial score (nSPS) is 10.6. The van der Waals surface area contributed by atoms with Gasteiger partial charge in [0.15, 0.2) is 5.76 Å². The summed E-state index contributed by atoms with van der Waals surface area (Å²) in [6, 6.07) is 14.9. The van der Waals surface area contributed by atoms with Gasteiger partial charge in [-0.1, -0.05) is 12.1 Å². The molecule has 0 saturated carbocycles. The molecule has 2 aromatic carbocycles. The molecule has 8 heteroatoms. The summed E-state index contributed by atoms with van der Waals surface area (Å²) in [5, 5.41) is 6.63. The molecule has 2 amide bonds. The van der Waals surface area contributed by atoms with Crippen molar-refractivity contribution < 1.29 is 23.5 Å². The average molecular weight is 393 g/mol. The van der Waals surface area contributed by atoms with E-state index in [0.717, 1.165) is 0 Å². The van der Waals surface area contributed by atoms with Crippen LogP contribution in [0, 0.1) is 0 Å². The number of benzene rings is 2. The minimum Gasteiger partial charge on any atom is -0.497 e. The number of hydrazone groups is 1. The van der Waals surface area contributed by atoms with Gasteiger partial charge in [-0.2, -0.15) is 5.10 Å². The summed E-state index contributed by atoms with van der Waals surface area (Å²) in [6.45, 7) is 0. The Morgan fingerprint density at radius 2 is 1.83 bits per heavy atom. The van der Waals surface area contributed by atoms with Crippen molar-refractivity contribution in [3.05, 3.63) is 77.7 Å². The van der Waals surface area contributed by atoms with Gasteiger partial charge < -0.3 is 19.2 Å². The first-order valence-corrected chi connectivity index (χ1v) is 8.61. The molecule has 3 aromatic rings. The van der Waals surface area contributed by atoms with Gasteiger partial charge in [-0.15, -0.1) is 0 Å². The van der Waals surface area contributed by atoms with Crippen molar-refractivity contribution in [2.24, 2.45) is 5.10 Å². The molecule has 3 rings (SSSR count). The van der Waals surface area contributed by atoms with E-state index in [1.54, 1.807) is 55.6 Å². The minimum atomic E-state index is -0.488. The Kier molecular flexibility index (Phi) is 6.26. The molecule has 8 nitrogen and oxygen atoms in total. The monoisotopic (exact) mass is 393 g/mol. The maximum atomic E-state index is 12.5. The third-order valence-electron chi connectivity index (χ3n) is 3.97. The SMILES string of the molecule is COc1ccc(OC)c(C=NNC(=O)c2ccccc2NC(=O)c2ccco2)c1. The highest BCUT2D eigenvalue weighted by Crippen LogP contribution is 2.22. The molecule has 0 bridgehead atoms. The van der Waals surface area contributed by atoms with Crippen LogP contribution in [-0.2, 0) is 0 Å². The number of hydrogen-bond donors (Lipinski definition) is 2. The van der Waals surface area contributed by atoms with E-state index in [-0.39, 0.29) is 11.3 Å². The van der Waals surface area contributed by atoms with E-state index in [9.17, 15) is 9.59 Å². The molecule has 0 aliphatic heterocycles. The standard InChI is InChI=1S/C21H19N3O5/c1-27-15-9-10-18(28-2)14(12-15)13-22-24-20(25)16-6-3-4-7-17(16)23-21(26)19-8-5-11-29-19/h3-13H,1-2H3,(H,23,26)(H,24,25). The smallest absolute Gasteiger partial charge is 0.291 e. The van der Waals surface area contributed by atoms with Crippen molar-refractivity contribution in [2.75, 3.05) is 19.5 Å². The van der Waals surface area contributed by atoms with Gasteiger partial charge in [0.1, 0.15) is 11.5 Å². The zero-order valence-corrected chi connectivity index (χ0v) is 15.8. The Morgan fingerprint density at radius 3 is 2.55 bits per heavy atom. The van der Waals surface area contributed by atoms with Crippen molar-refractivity contribution in [1.29, 1.82) is 0 Å². The molecule has 0 aliphatic carbocycles. The van der Waals surface area contributed by atoms with Crippen LogP contribution in [-0.4, -0.2) is 32.2 Å². The van der Waals surface area contributed by atoms with E-state index >= 15 is 0 Å². The van der Waals surface area contributed by atoms with Gasteiger partial charge in [0.25, 0.3) is 11.8 Å². The zero-order valence-electron chi connectivity index (χ0n) is 15.8. The number of nitrogens with one attached hydrogen (secondary N) is 2. The number of amides is 2. The quantitative estimate of drug-likeness (QED) is 0.474. The first-order valence-electron chi connectivity index (χ1n) is 8.61. The Bertz CT molecular complexity index is 1030. The third kappa shape index (κ3) is 4.81. The number of rotatable bonds is 7. The fourth-order valence-electron chi connectivity index (χ4n) is 2.54. The van der Waals surface area contributed by atoms with E-state index in [1.165, 1.54) is 25.7 Å². The number of anilines is 1. The van der Waals surface area contributed by atoms with Gasteiger partial charge in [0.05, 0.1) is 37.9 Å². The molecule has 1 aromatic heterocycles. The first-order chi connectivity index (χ1) is 14.1. The first kappa shape index (κ1) is 19.7. The van der Waals surface area contributed by atoms with Crippen LogP contribution in [0.5, 0.6) is 11.5 Å². The van der Waals surface area contributed by atoms with Gasteiger partial charge >= 0.3 is 0 Å². The Hall–Kier alpha value is -4.07. The van der Waals surface area contributed by atoms with E-state index in [0.29, 0.717) is 22.7 Å². The number of methoxy groups -OCH3 is 2. The highest BCUT2D eigenvalue weighted by atomic mass is 16.5. The van der Waals surface area contributed by atoms with Crippen molar-refractivity contribution in [1.82, 2.24) is 5.43 Å². The van der Waals surface area contributed by atoms with E-state index in [1.807, 2.05) is 0 Å². The van der Waals surface area contributed by atoms with Crippen LogP contribution in [0.4, 0.5) is 5.69 Å². The molecule has 0 fully saturated rings. The summed E-state index contributed by atoms with van der Waals surface area (Å²) in [6.07, 6.45) is 2.85. The lowest BCUT2D eigenvalue weighted by molar-refractivity contribution is 0.0956. The second kappa shape index (κ2) is 9.23. The lowest BCUT2D eigenvalue weighted by atomic mass is 10.1. The fraction of sp³-hybridized carbons (Fsp3) is 0.0952. The number of para-hydroxylation sites is 1. The van der Waals surface area contributed by atoms with Gasteiger partial charge in [0, 0.05) is 5.56 Å². The second-order valence-electron chi connectivity index (χ2n) is 5.78. The fourth-order valence-corrected chi connectivity index (χ4v) is 2.54. The van der Waals surface area contributed by atoms with Crippen molar-refractivity contribution in [2.45, 2.75) is 0 Å². The summed E-state index contributed by atoms with van der Waals surface area (Å²) >= 11 is 0. The maximum absolute atomic E-state index is 12.5.